The molecule has 0 bridgehead atoms. The van der Waals surface area contributed by atoms with Crippen molar-refractivity contribution in [2.75, 3.05) is 11.9 Å². The summed E-state index contributed by atoms with van der Waals surface area (Å²) >= 11 is 6.20. The first kappa shape index (κ1) is 21.8. The Hall–Kier alpha value is -2.28. The smallest absolute Gasteiger partial charge is 0.335 e. The normalized spacial score (nSPS) is 11.3. The number of benzene rings is 2. The number of nitrogens with two attached hydrogens (primary N) is 1. The number of halogens is 2. The van der Waals surface area contributed by atoms with E-state index in [0.29, 0.717) is 17.3 Å². The molecule has 0 heterocycles. The summed E-state index contributed by atoms with van der Waals surface area (Å²) in [5.74, 6) is -2.16. The number of rotatable bonds is 8. The van der Waals surface area contributed by atoms with Crippen LogP contribution in [0.4, 0.5) is 5.69 Å². The van der Waals surface area contributed by atoms with E-state index in [2.05, 4.69) is 5.32 Å². The fraction of sp³-hybridized carbons (Fsp3) is 0.222. The first-order valence-corrected chi connectivity index (χ1v) is 8.06. The number of aliphatic carboxylic acids is 1. The average molecular weight is 399 g/mol. The number of hydrogen-bond acceptors (Lipinski definition) is 4. The van der Waals surface area contributed by atoms with Crippen LogP contribution in [0.25, 0.3) is 0 Å². The quantitative estimate of drug-likeness (QED) is 0.540. The second kappa shape index (κ2) is 10.0. The molecule has 0 aliphatic heterocycles. The number of anilines is 1. The summed E-state index contributed by atoms with van der Waals surface area (Å²) in [5, 5.41) is 21.6. The number of nitrogens with one attached hydrogen (secondary N) is 1. The lowest BCUT2D eigenvalue weighted by molar-refractivity contribution is -0.137. The summed E-state index contributed by atoms with van der Waals surface area (Å²) in [6.07, 6.45) is -0.0474. The number of aromatic carboxylic acids is 1. The molecule has 0 radical (unpaired) electrons. The van der Waals surface area contributed by atoms with Gasteiger partial charge in [0.1, 0.15) is 0 Å². The molecule has 5 N–H and O–H groups in total. The van der Waals surface area contributed by atoms with E-state index in [0.717, 1.165) is 11.1 Å². The van der Waals surface area contributed by atoms with Crippen LogP contribution >= 0.6 is 24.0 Å². The van der Waals surface area contributed by atoms with Gasteiger partial charge in [0.2, 0.25) is 0 Å². The van der Waals surface area contributed by atoms with Crippen LogP contribution in [0.3, 0.4) is 0 Å². The lowest BCUT2D eigenvalue weighted by Gasteiger charge is -2.16. The first-order chi connectivity index (χ1) is 11.9. The molecule has 6 nitrogen and oxygen atoms in total. The van der Waals surface area contributed by atoms with Gasteiger partial charge in [0.25, 0.3) is 0 Å². The molecule has 2 aromatic rings. The highest BCUT2D eigenvalue weighted by atomic mass is 35.5. The molecule has 2 rings (SSSR count). The van der Waals surface area contributed by atoms with Crippen LogP contribution in [0.2, 0.25) is 5.02 Å². The van der Waals surface area contributed by atoms with Crippen molar-refractivity contribution < 1.29 is 19.8 Å². The third-order valence-corrected chi connectivity index (χ3v) is 4.18. The molecule has 0 spiro atoms. The molecule has 26 heavy (non-hydrogen) atoms. The Morgan fingerprint density at radius 3 is 2.31 bits per heavy atom. The largest absolute Gasteiger partial charge is 0.481 e. The van der Waals surface area contributed by atoms with Gasteiger partial charge in [0, 0.05) is 12.5 Å². The van der Waals surface area contributed by atoms with E-state index in [1.165, 1.54) is 12.1 Å². The number of carboxylic acid groups (broad SMARTS) is 2. The van der Waals surface area contributed by atoms with E-state index < -0.39 is 11.9 Å². The minimum atomic E-state index is -0.971. The van der Waals surface area contributed by atoms with Gasteiger partial charge in [-0.2, -0.15) is 0 Å². The van der Waals surface area contributed by atoms with Gasteiger partial charge < -0.3 is 21.3 Å². The maximum absolute atomic E-state index is 10.9. The number of hydrogen-bond donors (Lipinski definition) is 4. The molecular formula is C18H20Cl2N2O4. The standard InChI is InChI=1S/C18H19ClN2O4.ClH/c19-15-6-5-13(14(9-20)8-17(22)23)7-16(15)21-10-11-1-3-12(4-2-11)18(24)25;/h1-7,14,21H,8-10,20H2,(H,22,23)(H,24,25);1H/t14-;/m0./s1. The van der Waals surface area contributed by atoms with Crippen molar-refractivity contribution in [3.8, 4) is 0 Å². The zero-order valence-corrected chi connectivity index (χ0v) is 15.4. The molecule has 0 amide bonds. The maximum atomic E-state index is 10.9. The van der Waals surface area contributed by atoms with Gasteiger partial charge in [-0.05, 0) is 41.9 Å². The average Bonchev–Trinajstić information content (AvgIpc) is 2.59. The molecular weight excluding hydrogens is 379 g/mol. The molecule has 8 heteroatoms. The Labute approximate surface area is 162 Å². The maximum Gasteiger partial charge on any atom is 0.335 e. The number of carboxylic acids is 2. The van der Waals surface area contributed by atoms with Crippen LogP contribution in [0, 0.1) is 0 Å². The second-order valence-corrected chi connectivity index (χ2v) is 6.03. The van der Waals surface area contributed by atoms with E-state index in [9.17, 15) is 9.59 Å². The lowest BCUT2D eigenvalue weighted by atomic mass is 9.95. The molecule has 140 valence electrons. The van der Waals surface area contributed by atoms with Gasteiger partial charge in [-0.25, -0.2) is 4.79 Å². The van der Waals surface area contributed by atoms with Crippen molar-refractivity contribution in [3.05, 3.63) is 64.2 Å². The molecule has 0 fully saturated rings. The topological polar surface area (TPSA) is 113 Å². The third kappa shape index (κ3) is 5.91. The summed E-state index contributed by atoms with van der Waals surface area (Å²) in [4.78, 5) is 21.8. The Balaban J connectivity index is 0.00000338. The van der Waals surface area contributed by atoms with Gasteiger partial charge in [-0.15, -0.1) is 12.4 Å². The number of carbonyl (C=O) groups is 2. The molecule has 1 atom stereocenters. The van der Waals surface area contributed by atoms with Gasteiger partial charge in [0.15, 0.2) is 0 Å². The monoisotopic (exact) mass is 398 g/mol. The molecule has 0 saturated carbocycles. The van der Waals surface area contributed by atoms with Crippen LogP contribution in [-0.4, -0.2) is 28.7 Å². The highest BCUT2D eigenvalue weighted by Crippen LogP contribution is 2.28. The zero-order chi connectivity index (χ0) is 18.4. The van der Waals surface area contributed by atoms with Crippen molar-refractivity contribution in [1.29, 1.82) is 0 Å². The Bertz CT molecular complexity index is 766. The molecule has 0 aliphatic carbocycles. The van der Waals surface area contributed by atoms with Gasteiger partial charge in [-0.1, -0.05) is 29.8 Å². The molecule has 0 unspecified atom stereocenters. The lowest BCUT2D eigenvalue weighted by Crippen LogP contribution is -2.16. The van der Waals surface area contributed by atoms with Crippen molar-refractivity contribution in [3.63, 3.8) is 0 Å². The van der Waals surface area contributed by atoms with Crippen LogP contribution in [0.15, 0.2) is 42.5 Å². The van der Waals surface area contributed by atoms with Crippen molar-refractivity contribution in [2.24, 2.45) is 5.73 Å². The summed E-state index contributed by atoms with van der Waals surface area (Å²) in [6.45, 7) is 0.680. The fourth-order valence-corrected chi connectivity index (χ4v) is 2.63. The van der Waals surface area contributed by atoms with E-state index >= 15 is 0 Å². The highest BCUT2D eigenvalue weighted by molar-refractivity contribution is 6.33. The molecule has 0 aliphatic rings. The highest BCUT2D eigenvalue weighted by Gasteiger charge is 2.15. The van der Waals surface area contributed by atoms with E-state index in [-0.39, 0.29) is 36.9 Å². The minimum absolute atomic E-state index is 0. The fourth-order valence-electron chi connectivity index (χ4n) is 2.44. The van der Waals surface area contributed by atoms with E-state index in [1.807, 2.05) is 0 Å². The predicted octanol–water partition coefficient (Wildman–Crippen LogP) is 3.59. The summed E-state index contributed by atoms with van der Waals surface area (Å²) in [5.41, 5.74) is 8.28. The van der Waals surface area contributed by atoms with Crippen LogP contribution in [-0.2, 0) is 11.3 Å². The summed E-state index contributed by atoms with van der Waals surface area (Å²) in [6, 6.07) is 11.8. The Morgan fingerprint density at radius 2 is 1.77 bits per heavy atom. The second-order valence-electron chi connectivity index (χ2n) is 5.63. The molecule has 0 saturated heterocycles. The van der Waals surface area contributed by atoms with Gasteiger partial charge >= 0.3 is 11.9 Å². The third-order valence-electron chi connectivity index (χ3n) is 3.85. The Kier molecular flexibility index (Phi) is 8.38. The minimum Gasteiger partial charge on any atom is -0.481 e. The zero-order valence-electron chi connectivity index (χ0n) is 13.8. The first-order valence-electron chi connectivity index (χ1n) is 7.68. The van der Waals surface area contributed by atoms with Crippen molar-refractivity contribution >= 4 is 41.6 Å². The summed E-state index contributed by atoms with van der Waals surface area (Å²) in [7, 11) is 0. The Morgan fingerprint density at radius 1 is 1.12 bits per heavy atom. The summed E-state index contributed by atoms with van der Waals surface area (Å²) < 4.78 is 0. The predicted molar refractivity (Wildman–Crippen MR) is 103 cm³/mol. The van der Waals surface area contributed by atoms with Gasteiger partial charge in [0.05, 0.1) is 22.7 Å². The van der Waals surface area contributed by atoms with Crippen molar-refractivity contribution in [1.82, 2.24) is 0 Å². The van der Waals surface area contributed by atoms with E-state index in [4.69, 9.17) is 27.5 Å². The van der Waals surface area contributed by atoms with E-state index in [1.54, 1.807) is 30.3 Å². The van der Waals surface area contributed by atoms with Crippen LogP contribution in [0.5, 0.6) is 0 Å². The van der Waals surface area contributed by atoms with Crippen molar-refractivity contribution in [2.45, 2.75) is 18.9 Å². The van der Waals surface area contributed by atoms with Crippen LogP contribution < -0.4 is 11.1 Å². The SMILES string of the molecule is Cl.NC[C@H](CC(=O)O)c1ccc(Cl)c(NCc2ccc(C(=O)O)cc2)c1. The molecule has 0 aromatic heterocycles. The molecule has 2 aromatic carbocycles. The van der Waals surface area contributed by atoms with Crippen LogP contribution in [0.1, 0.15) is 33.8 Å². The van der Waals surface area contributed by atoms with Gasteiger partial charge in [-0.3, -0.25) is 4.79 Å².